The first-order valence-electron chi connectivity index (χ1n) is 8.17. The van der Waals surface area contributed by atoms with Gasteiger partial charge in [-0.15, -0.1) is 0 Å². The summed E-state index contributed by atoms with van der Waals surface area (Å²) in [6.45, 7) is 4.55. The molecule has 126 valence electrons. The van der Waals surface area contributed by atoms with Gasteiger partial charge in [-0.3, -0.25) is 4.79 Å². The Hall–Kier alpha value is -1.85. The van der Waals surface area contributed by atoms with Crippen LogP contribution in [0.3, 0.4) is 0 Å². The molecule has 0 unspecified atom stereocenters. The molecule has 1 amide bonds. The Morgan fingerprint density at radius 1 is 1.17 bits per heavy atom. The summed E-state index contributed by atoms with van der Waals surface area (Å²) in [5, 5.41) is 0. The number of hydrogen-bond donors (Lipinski definition) is 1. The van der Waals surface area contributed by atoms with E-state index < -0.39 is 0 Å². The lowest BCUT2D eigenvalue weighted by molar-refractivity contribution is -0.917. The third-order valence-electron chi connectivity index (χ3n) is 4.44. The van der Waals surface area contributed by atoms with E-state index in [1.807, 2.05) is 29.2 Å². The lowest BCUT2D eigenvalue weighted by atomic mass is 10.1. The minimum absolute atomic E-state index is 0.0941. The first kappa shape index (κ1) is 17.0. The van der Waals surface area contributed by atoms with E-state index in [9.17, 15) is 4.79 Å². The van der Waals surface area contributed by atoms with Crippen molar-refractivity contribution < 1.29 is 14.4 Å². The van der Waals surface area contributed by atoms with Crippen LogP contribution < -0.4 is 9.64 Å². The van der Waals surface area contributed by atoms with Gasteiger partial charge in [0.05, 0.1) is 33.3 Å². The molecule has 4 nitrogen and oxygen atoms in total. The summed E-state index contributed by atoms with van der Waals surface area (Å²) < 4.78 is 6.31. The summed E-state index contributed by atoms with van der Waals surface area (Å²) in [5.41, 5.74) is 2.03. The molecule has 0 spiro atoms. The minimum atomic E-state index is 0.0941. The molecule has 1 fully saturated rings. The molecule has 3 rings (SSSR count). The largest absolute Gasteiger partial charge is 0.497 e. The maximum atomic E-state index is 12.6. The van der Waals surface area contributed by atoms with Gasteiger partial charge in [-0.05, 0) is 30.3 Å². The number of carbonyl (C=O) groups excluding carboxylic acids is 1. The van der Waals surface area contributed by atoms with E-state index in [2.05, 4.69) is 40.2 Å². The van der Waals surface area contributed by atoms with Crippen LogP contribution in [0.4, 0.5) is 0 Å². The molecule has 24 heavy (non-hydrogen) atoms. The van der Waals surface area contributed by atoms with Crippen molar-refractivity contribution >= 4 is 21.8 Å². The number of nitrogens with one attached hydrogen (secondary N) is 1. The maximum Gasteiger partial charge on any atom is 0.254 e. The van der Waals surface area contributed by atoms with Gasteiger partial charge in [-0.1, -0.05) is 34.1 Å². The van der Waals surface area contributed by atoms with Crippen molar-refractivity contribution in [3.63, 3.8) is 0 Å². The Morgan fingerprint density at radius 2 is 1.88 bits per heavy atom. The quantitative estimate of drug-likeness (QED) is 0.867. The molecule has 1 aliphatic rings. The van der Waals surface area contributed by atoms with Gasteiger partial charge in [-0.25, -0.2) is 0 Å². The van der Waals surface area contributed by atoms with Crippen LogP contribution in [0, 0.1) is 0 Å². The van der Waals surface area contributed by atoms with Crippen LogP contribution in [0.15, 0.2) is 53.0 Å². The van der Waals surface area contributed by atoms with Crippen molar-refractivity contribution in [1.29, 1.82) is 0 Å². The molecule has 0 saturated carbocycles. The van der Waals surface area contributed by atoms with Gasteiger partial charge >= 0.3 is 0 Å². The molecular formula is C19H22BrN2O2+. The number of methoxy groups -OCH3 is 1. The van der Waals surface area contributed by atoms with Crippen molar-refractivity contribution in [2.24, 2.45) is 0 Å². The number of ether oxygens (including phenoxy) is 1. The van der Waals surface area contributed by atoms with Gasteiger partial charge in [-0.2, -0.15) is 0 Å². The molecule has 1 N–H and O–H groups in total. The summed E-state index contributed by atoms with van der Waals surface area (Å²) in [7, 11) is 1.62. The summed E-state index contributed by atoms with van der Waals surface area (Å²) in [6.07, 6.45) is 0. The highest BCUT2D eigenvalue weighted by atomic mass is 79.9. The molecule has 0 bridgehead atoms. The Balaban J connectivity index is 1.56. The predicted molar refractivity (Wildman–Crippen MR) is 97.4 cm³/mol. The van der Waals surface area contributed by atoms with Crippen LogP contribution in [0.2, 0.25) is 0 Å². The van der Waals surface area contributed by atoms with Crippen molar-refractivity contribution in [2.45, 2.75) is 6.54 Å². The number of halogens is 1. The molecule has 2 aromatic carbocycles. The Kier molecular flexibility index (Phi) is 5.53. The highest BCUT2D eigenvalue weighted by molar-refractivity contribution is 9.10. The van der Waals surface area contributed by atoms with Crippen molar-refractivity contribution in [2.75, 3.05) is 33.3 Å². The monoisotopic (exact) mass is 389 g/mol. The van der Waals surface area contributed by atoms with E-state index in [0.717, 1.165) is 42.9 Å². The molecule has 1 saturated heterocycles. The average Bonchev–Trinajstić information content (AvgIpc) is 2.64. The number of rotatable bonds is 4. The Morgan fingerprint density at radius 3 is 2.54 bits per heavy atom. The fourth-order valence-corrected chi connectivity index (χ4v) is 3.30. The van der Waals surface area contributed by atoms with Crippen LogP contribution in [-0.4, -0.2) is 44.1 Å². The van der Waals surface area contributed by atoms with E-state index in [4.69, 9.17) is 4.74 Å². The second kappa shape index (κ2) is 7.81. The van der Waals surface area contributed by atoms with Crippen LogP contribution in [0.5, 0.6) is 5.75 Å². The lowest BCUT2D eigenvalue weighted by Crippen LogP contribution is -3.13. The maximum absolute atomic E-state index is 12.6. The molecule has 1 aliphatic heterocycles. The van der Waals surface area contributed by atoms with Crippen molar-refractivity contribution in [3.8, 4) is 5.75 Å². The molecule has 2 aromatic rings. The molecule has 0 aromatic heterocycles. The van der Waals surface area contributed by atoms with Crippen molar-refractivity contribution in [1.82, 2.24) is 4.90 Å². The van der Waals surface area contributed by atoms with Gasteiger partial charge in [0.25, 0.3) is 5.91 Å². The van der Waals surface area contributed by atoms with Crippen molar-refractivity contribution in [3.05, 3.63) is 64.1 Å². The van der Waals surface area contributed by atoms with Gasteiger partial charge in [0.1, 0.15) is 12.3 Å². The fraction of sp³-hybridized carbons (Fsp3) is 0.316. The van der Waals surface area contributed by atoms with E-state index in [1.165, 1.54) is 10.5 Å². The van der Waals surface area contributed by atoms with Crippen LogP contribution in [-0.2, 0) is 6.54 Å². The summed E-state index contributed by atoms with van der Waals surface area (Å²) in [4.78, 5) is 16.1. The van der Waals surface area contributed by atoms with Crippen LogP contribution in [0.25, 0.3) is 0 Å². The van der Waals surface area contributed by atoms with E-state index in [0.29, 0.717) is 5.56 Å². The highest BCUT2D eigenvalue weighted by Gasteiger charge is 2.24. The third kappa shape index (κ3) is 4.16. The third-order valence-corrected chi connectivity index (χ3v) is 4.97. The summed E-state index contributed by atoms with van der Waals surface area (Å²) in [6, 6.07) is 15.9. The smallest absolute Gasteiger partial charge is 0.254 e. The first-order valence-corrected chi connectivity index (χ1v) is 8.96. The molecule has 0 atom stereocenters. The second-order valence-corrected chi connectivity index (χ2v) is 6.99. The predicted octanol–water partition coefficient (Wildman–Crippen LogP) is 2.00. The zero-order chi connectivity index (χ0) is 16.9. The Labute approximate surface area is 151 Å². The molecule has 5 heteroatoms. The number of hydrogen-bond acceptors (Lipinski definition) is 2. The molecule has 0 radical (unpaired) electrons. The van der Waals surface area contributed by atoms with Gasteiger partial charge in [0.15, 0.2) is 0 Å². The van der Waals surface area contributed by atoms with Crippen LogP contribution in [0.1, 0.15) is 15.9 Å². The highest BCUT2D eigenvalue weighted by Crippen LogP contribution is 2.14. The summed E-state index contributed by atoms with van der Waals surface area (Å²) >= 11 is 3.47. The van der Waals surface area contributed by atoms with E-state index in [1.54, 1.807) is 7.11 Å². The number of quaternary nitrogens is 1. The zero-order valence-corrected chi connectivity index (χ0v) is 15.4. The molecule has 1 heterocycles. The topological polar surface area (TPSA) is 34.0 Å². The van der Waals surface area contributed by atoms with Gasteiger partial charge in [0, 0.05) is 15.6 Å². The SMILES string of the molecule is COc1cccc(C(=O)N2CC[NH+](Cc3ccc(Br)cc3)CC2)c1. The van der Waals surface area contributed by atoms with Gasteiger partial charge < -0.3 is 14.5 Å². The number of carbonyl (C=O) groups is 1. The minimum Gasteiger partial charge on any atom is -0.497 e. The number of nitrogens with zero attached hydrogens (tertiary/aromatic N) is 1. The molecule has 0 aliphatic carbocycles. The number of benzene rings is 2. The normalized spacial score (nSPS) is 15.3. The zero-order valence-electron chi connectivity index (χ0n) is 13.8. The standard InChI is InChI=1S/C19H21BrN2O2/c1-24-18-4-2-3-16(13-18)19(23)22-11-9-21(10-12-22)14-15-5-7-17(20)8-6-15/h2-8,13H,9-12,14H2,1H3/p+1. The average molecular weight is 390 g/mol. The van der Waals surface area contributed by atoms with Gasteiger partial charge in [0.2, 0.25) is 0 Å². The fourth-order valence-electron chi connectivity index (χ4n) is 3.03. The van der Waals surface area contributed by atoms with Crippen LogP contribution >= 0.6 is 15.9 Å². The number of amides is 1. The first-order chi connectivity index (χ1) is 11.7. The summed E-state index contributed by atoms with van der Waals surface area (Å²) in [5.74, 6) is 0.817. The van der Waals surface area contributed by atoms with E-state index in [-0.39, 0.29) is 5.91 Å². The second-order valence-electron chi connectivity index (χ2n) is 6.08. The number of piperazine rings is 1. The molecular weight excluding hydrogens is 368 g/mol. The lowest BCUT2D eigenvalue weighted by Gasteiger charge is -2.32. The van der Waals surface area contributed by atoms with E-state index >= 15 is 0 Å². The Bertz CT molecular complexity index is 695.